The van der Waals surface area contributed by atoms with E-state index < -0.39 is 10.1 Å². The molecule has 5 heteroatoms. The maximum atomic E-state index is 11.9. The van der Waals surface area contributed by atoms with Gasteiger partial charge in [-0.1, -0.05) is 83.4 Å². The van der Waals surface area contributed by atoms with Crippen LogP contribution in [0.5, 0.6) is 11.5 Å². The van der Waals surface area contributed by atoms with Crippen LogP contribution in [0.3, 0.4) is 0 Å². The smallest absolute Gasteiger partial charge is 0.298 e. The molecule has 1 N–H and O–H groups in total. The molecule has 0 saturated carbocycles. The molecule has 2 rings (SSSR count). The van der Waals surface area contributed by atoms with E-state index in [0.29, 0.717) is 5.75 Å². The van der Waals surface area contributed by atoms with Crippen molar-refractivity contribution >= 4 is 10.1 Å². The zero-order valence-electron chi connectivity index (χ0n) is 19.1. The molecule has 0 atom stereocenters. The van der Waals surface area contributed by atoms with Crippen LogP contribution in [0.15, 0.2) is 47.4 Å². The first-order valence-electron chi connectivity index (χ1n) is 11.8. The first-order valence-corrected chi connectivity index (χ1v) is 13.2. The Balaban J connectivity index is 1.99. The standard InChI is InChI=1S/C26H38O4S/c1-3-5-7-9-11-13-22-15-18-24(19-16-22)30-25-20-17-23(14-12-10-8-6-4-2)21-26(25)31(27,28)29/h15-21H,3-14H2,1-2H3,(H,27,28,29). The third-order valence-electron chi connectivity index (χ3n) is 5.58. The molecule has 172 valence electrons. The summed E-state index contributed by atoms with van der Waals surface area (Å²) in [5, 5.41) is 0. The molecule has 0 bridgehead atoms. The quantitative estimate of drug-likeness (QED) is 0.224. The van der Waals surface area contributed by atoms with Crippen molar-refractivity contribution in [1.29, 1.82) is 0 Å². The van der Waals surface area contributed by atoms with Gasteiger partial charge in [-0.25, -0.2) is 0 Å². The van der Waals surface area contributed by atoms with E-state index in [9.17, 15) is 13.0 Å². The highest BCUT2D eigenvalue weighted by Gasteiger charge is 2.18. The van der Waals surface area contributed by atoms with E-state index in [4.69, 9.17) is 4.74 Å². The number of benzene rings is 2. The summed E-state index contributed by atoms with van der Waals surface area (Å²) >= 11 is 0. The Hall–Kier alpha value is -1.85. The molecule has 0 aromatic heterocycles. The molecular weight excluding hydrogens is 408 g/mol. The van der Waals surface area contributed by atoms with Crippen LogP contribution in [-0.4, -0.2) is 13.0 Å². The second-order valence-corrected chi connectivity index (χ2v) is 9.72. The summed E-state index contributed by atoms with van der Waals surface area (Å²) in [5.74, 6) is 0.719. The summed E-state index contributed by atoms with van der Waals surface area (Å²) < 4.78 is 39.4. The Labute approximate surface area is 188 Å². The van der Waals surface area contributed by atoms with Gasteiger partial charge in [0.2, 0.25) is 0 Å². The van der Waals surface area contributed by atoms with Crippen LogP contribution in [-0.2, 0) is 23.0 Å². The van der Waals surface area contributed by atoms with E-state index in [-0.39, 0.29) is 10.6 Å². The fourth-order valence-electron chi connectivity index (χ4n) is 3.71. The lowest BCUT2D eigenvalue weighted by molar-refractivity contribution is 0.449. The first-order chi connectivity index (χ1) is 14.9. The van der Waals surface area contributed by atoms with Gasteiger partial charge in [-0.15, -0.1) is 0 Å². The van der Waals surface area contributed by atoms with Gasteiger partial charge in [-0.05, 0) is 61.1 Å². The fourth-order valence-corrected chi connectivity index (χ4v) is 4.37. The molecule has 0 fully saturated rings. The Morgan fingerprint density at radius 2 is 1.23 bits per heavy atom. The minimum absolute atomic E-state index is 0.157. The molecule has 0 aliphatic carbocycles. The summed E-state index contributed by atoms with van der Waals surface area (Å²) in [7, 11) is -4.37. The number of hydrogen-bond donors (Lipinski definition) is 1. The van der Waals surface area contributed by atoms with Gasteiger partial charge in [-0.2, -0.15) is 8.42 Å². The third-order valence-corrected chi connectivity index (χ3v) is 6.45. The number of ether oxygens (including phenoxy) is 1. The normalized spacial score (nSPS) is 11.6. The van der Waals surface area contributed by atoms with Crippen molar-refractivity contribution in [2.75, 3.05) is 0 Å². The average molecular weight is 447 g/mol. The van der Waals surface area contributed by atoms with Crippen molar-refractivity contribution < 1.29 is 17.7 Å². The highest BCUT2D eigenvalue weighted by Crippen LogP contribution is 2.30. The average Bonchev–Trinajstić information content (AvgIpc) is 2.75. The monoisotopic (exact) mass is 446 g/mol. The number of hydrogen-bond acceptors (Lipinski definition) is 3. The van der Waals surface area contributed by atoms with E-state index in [1.54, 1.807) is 6.07 Å². The van der Waals surface area contributed by atoms with E-state index in [2.05, 4.69) is 13.8 Å². The summed E-state index contributed by atoms with van der Waals surface area (Å²) in [6.07, 6.45) is 13.8. The van der Waals surface area contributed by atoms with Gasteiger partial charge in [-0.3, -0.25) is 4.55 Å². The molecule has 0 aliphatic rings. The molecule has 0 radical (unpaired) electrons. The van der Waals surface area contributed by atoms with Crippen molar-refractivity contribution in [2.24, 2.45) is 0 Å². The van der Waals surface area contributed by atoms with E-state index in [1.165, 1.54) is 63.0 Å². The molecule has 31 heavy (non-hydrogen) atoms. The highest BCUT2D eigenvalue weighted by molar-refractivity contribution is 7.86. The summed E-state index contributed by atoms with van der Waals surface area (Å²) in [5.41, 5.74) is 2.15. The highest BCUT2D eigenvalue weighted by atomic mass is 32.2. The topological polar surface area (TPSA) is 63.6 Å². The number of aryl methyl sites for hydroxylation is 2. The Morgan fingerprint density at radius 1 is 0.710 bits per heavy atom. The van der Waals surface area contributed by atoms with Gasteiger partial charge < -0.3 is 4.74 Å². The summed E-state index contributed by atoms with van der Waals surface area (Å²) in [6, 6.07) is 12.8. The van der Waals surface area contributed by atoms with Crippen molar-refractivity contribution in [2.45, 2.75) is 95.8 Å². The van der Waals surface area contributed by atoms with Crippen LogP contribution in [0.1, 0.15) is 89.2 Å². The summed E-state index contributed by atoms with van der Waals surface area (Å²) in [4.78, 5) is -0.168. The number of unbranched alkanes of at least 4 members (excludes halogenated alkanes) is 8. The fraction of sp³-hybridized carbons (Fsp3) is 0.538. The second-order valence-electron chi connectivity index (χ2n) is 8.33. The van der Waals surface area contributed by atoms with Gasteiger partial charge in [0.25, 0.3) is 10.1 Å². The minimum atomic E-state index is -4.37. The maximum Gasteiger partial charge on any atom is 0.298 e. The maximum absolute atomic E-state index is 11.9. The molecule has 0 unspecified atom stereocenters. The molecule has 2 aromatic carbocycles. The molecule has 0 saturated heterocycles. The predicted molar refractivity (Wildman–Crippen MR) is 128 cm³/mol. The Kier molecular flexibility index (Phi) is 11.1. The van der Waals surface area contributed by atoms with Crippen LogP contribution >= 0.6 is 0 Å². The molecule has 2 aromatic rings. The van der Waals surface area contributed by atoms with Gasteiger partial charge >= 0.3 is 0 Å². The molecule has 0 amide bonds. The van der Waals surface area contributed by atoms with Crippen LogP contribution in [0.25, 0.3) is 0 Å². The van der Waals surface area contributed by atoms with Gasteiger partial charge in [0.1, 0.15) is 16.4 Å². The van der Waals surface area contributed by atoms with E-state index in [0.717, 1.165) is 31.2 Å². The van der Waals surface area contributed by atoms with Crippen LogP contribution in [0.4, 0.5) is 0 Å². The van der Waals surface area contributed by atoms with Gasteiger partial charge in [0.15, 0.2) is 0 Å². The van der Waals surface area contributed by atoms with Gasteiger partial charge in [0, 0.05) is 0 Å². The second kappa shape index (κ2) is 13.5. The predicted octanol–water partition coefficient (Wildman–Crippen LogP) is 7.75. The largest absolute Gasteiger partial charge is 0.456 e. The lowest BCUT2D eigenvalue weighted by Gasteiger charge is -2.12. The number of rotatable bonds is 15. The Bertz CT molecular complexity index is 873. The first kappa shape index (κ1) is 25.4. The van der Waals surface area contributed by atoms with Crippen molar-refractivity contribution in [3.05, 3.63) is 53.6 Å². The minimum Gasteiger partial charge on any atom is -0.456 e. The lowest BCUT2D eigenvalue weighted by Crippen LogP contribution is -2.02. The van der Waals surface area contributed by atoms with Crippen LogP contribution < -0.4 is 4.74 Å². The van der Waals surface area contributed by atoms with Crippen molar-refractivity contribution in [3.8, 4) is 11.5 Å². The lowest BCUT2D eigenvalue weighted by atomic mass is 10.1. The summed E-state index contributed by atoms with van der Waals surface area (Å²) in [6.45, 7) is 4.40. The zero-order chi connectivity index (χ0) is 22.5. The molecule has 0 spiro atoms. The van der Waals surface area contributed by atoms with Crippen LogP contribution in [0.2, 0.25) is 0 Å². The van der Waals surface area contributed by atoms with E-state index in [1.807, 2.05) is 30.3 Å². The molecule has 0 aliphatic heterocycles. The molecule has 4 nitrogen and oxygen atoms in total. The van der Waals surface area contributed by atoms with Gasteiger partial charge in [0.05, 0.1) is 0 Å². The molecule has 0 heterocycles. The zero-order valence-corrected chi connectivity index (χ0v) is 19.9. The SMILES string of the molecule is CCCCCCCc1ccc(Oc2ccc(CCCCCCC)cc2S(=O)(=O)O)cc1. The van der Waals surface area contributed by atoms with E-state index >= 15 is 0 Å². The molecular formula is C26H38O4S. The van der Waals surface area contributed by atoms with Crippen molar-refractivity contribution in [3.63, 3.8) is 0 Å². The Morgan fingerprint density at radius 3 is 1.77 bits per heavy atom. The van der Waals surface area contributed by atoms with Crippen molar-refractivity contribution in [1.82, 2.24) is 0 Å². The third kappa shape index (κ3) is 9.44. The van der Waals surface area contributed by atoms with Crippen LogP contribution in [0, 0.1) is 0 Å².